The molecule has 1 aromatic carbocycles. The van der Waals surface area contributed by atoms with Crippen LogP contribution in [0.15, 0.2) is 24.3 Å². The zero-order chi connectivity index (χ0) is 15.5. The third kappa shape index (κ3) is 4.21. The summed E-state index contributed by atoms with van der Waals surface area (Å²) in [7, 11) is 1.65. The van der Waals surface area contributed by atoms with Gasteiger partial charge in [0, 0.05) is 18.0 Å². The van der Waals surface area contributed by atoms with Gasteiger partial charge >= 0.3 is 0 Å². The Morgan fingerprint density at radius 3 is 2.71 bits per heavy atom. The normalized spacial score (nSPS) is 16.4. The van der Waals surface area contributed by atoms with Gasteiger partial charge in [-0.25, -0.2) is 0 Å². The van der Waals surface area contributed by atoms with Crippen molar-refractivity contribution in [3.05, 3.63) is 29.8 Å². The number of amides is 1. The van der Waals surface area contributed by atoms with E-state index in [1.807, 2.05) is 38.1 Å². The number of carbonyl (C=O) groups excluding carboxylic acids is 1. The highest BCUT2D eigenvalue weighted by Gasteiger charge is 2.32. The van der Waals surface area contributed by atoms with Gasteiger partial charge in [0.05, 0.1) is 7.11 Å². The fourth-order valence-corrected chi connectivity index (χ4v) is 2.55. The van der Waals surface area contributed by atoms with Gasteiger partial charge in [0.25, 0.3) is 0 Å². The maximum Gasteiger partial charge on any atom is 0.226 e. The summed E-state index contributed by atoms with van der Waals surface area (Å²) in [6.45, 7) is 4.48. The van der Waals surface area contributed by atoms with E-state index in [2.05, 4.69) is 5.32 Å². The standard InChI is InChI=1S/C17H26N2O2/c1-17(2,10-13-6-4-5-7-15(13)21-3)16(20)19-11-14(18)12-8-9-12/h4-7,12,14H,8-11,18H2,1-3H3,(H,19,20). The van der Waals surface area contributed by atoms with Gasteiger partial charge in [-0.1, -0.05) is 32.0 Å². The molecule has 1 aliphatic rings. The zero-order valence-electron chi connectivity index (χ0n) is 13.2. The molecule has 1 aliphatic carbocycles. The Morgan fingerprint density at radius 1 is 1.43 bits per heavy atom. The number of nitrogens with two attached hydrogens (primary N) is 1. The maximum atomic E-state index is 12.4. The van der Waals surface area contributed by atoms with Crippen molar-refractivity contribution in [1.29, 1.82) is 0 Å². The Kier molecular flexibility index (Phi) is 4.88. The second-order valence-electron chi connectivity index (χ2n) is 6.58. The lowest BCUT2D eigenvalue weighted by molar-refractivity contribution is -0.129. The summed E-state index contributed by atoms with van der Waals surface area (Å²) >= 11 is 0. The number of para-hydroxylation sites is 1. The van der Waals surface area contributed by atoms with Crippen molar-refractivity contribution in [3.63, 3.8) is 0 Å². The van der Waals surface area contributed by atoms with Gasteiger partial charge in [-0.3, -0.25) is 4.79 Å². The fraction of sp³-hybridized carbons (Fsp3) is 0.588. The van der Waals surface area contributed by atoms with Gasteiger partial charge in [0.15, 0.2) is 0 Å². The molecule has 1 saturated carbocycles. The predicted molar refractivity (Wildman–Crippen MR) is 84.2 cm³/mol. The Morgan fingerprint density at radius 2 is 2.10 bits per heavy atom. The van der Waals surface area contributed by atoms with E-state index in [4.69, 9.17) is 10.5 Å². The second kappa shape index (κ2) is 6.48. The van der Waals surface area contributed by atoms with Crippen LogP contribution in [0.4, 0.5) is 0 Å². The first-order valence-corrected chi connectivity index (χ1v) is 7.60. The molecule has 3 N–H and O–H groups in total. The van der Waals surface area contributed by atoms with Crippen LogP contribution >= 0.6 is 0 Å². The van der Waals surface area contributed by atoms with Crippen LogP contribution in [0.2, 0.25) is 0 Å². The average Bonchev–Trinajstić information content (AvgIpc) is 3.29. The summed E-state index contributed by atoms with van der Waals surface area (Å²) in [6, 6.07) is 7.92. The number of hydrogen-bond acceptors (Lipinski definition) is 3. The number of ether oxygens (including phenoxy) is 1. The highest BCUT2D eigenvalue weighted by molar-refractivity contribution is 5.82. The van der Waals surface area contributed by atoms with E-state index in [1.54, 1.807) is 7.11 Å². The van der Waals surface area contributed by atoms with E-state index in [-0.39, 0.29) is 11.9 Å². The Balaban J connectivity index is 1.94. The molecule has 4 nitrogen and oxygen atoms in total. The summed E-state index contributed by atoms with van der Waals surface area (Å²) < 4.78 is 5.36. The summed E-state index contributed by atoms with van der Waals surface area (Å²) in [5, 5.41) is 3.00. The number of benzene rings is 1. The number of carbonyl (C=O) groups is 1. The van der Waals surface area contributed by atoms with Crippen molar-refractivity contribution in [2.24, 2.45) is 17.1 Å². The van der Waals surface area contributed by atoms with Crippen LogP contribution in [-0.2, 0) is 11.2 Å². The van der Waals surface area contributed by atoms with Gasteiger partial charge in [-0.05, 0) is 36.8 Å². The monoisotopic (exact) mass is 290 g/mol. The number of hydrogen-bond donors (Lipinski definition) is 2. The summed E-state index contributed by atoms with van der Waals surface area (Å²) in [6.07, 6.45) is 3.03. The molecule has 116 valence electrons. The van der Waals surface area contributed by atoms with E-state index in [1.165, 1.54) is 12.8 Å². The molecule has 0 heterocycles. The highest BCUT2D eigenvalue weighted by Crippen LogP contribution is 2.31. The molecule has 2 rings (SSSR count). The molecule has 1 amide bonds. The lowest BCUT2D eigenvalue weighted by Crippen LogP contribution is -2.44. The van der Waals surface area contributed by atoms with E-state index < -0.39 is 5.41 Å². The van der Waals surface area contributed by atoms with Crippen LogP contribution in [0.3, 0.4) is 0 Å². The predicted octanol–water partition coefficient (Wildman–Crippen LogP) is 2.12. The number of methoxy groups -OCH3 is 1. The van der Waals surface area contributed by atoms with Crippen molar-refractivity contribution in [1.82, 2.24) is 5.32 Å². The molecular weight excluding hydrogens is 264 g/mol. The third-order valence-corrected chi connectivity index (χ3v) is 4.17. The molecule has 1 fully saturated rings. The fourth-order valence-electron chi connectivity index (χ4n) is 2.55. The molecule has 21 heavy (non-hydrogen) atoms. The van der Waals surface area contributed by atoms with Crippen molar-refractivity contribution in [3.8, 4) is 5.75 Å². The molecule has 1 aromatic rings. The number of nitrogens with one attached hydrogen (secondary N) is 1. The molecular formula is C17H26N2O2. The van der Waals surface area contributed by atoms with Crippen molar-refractivity contribution in [2.45, 2.75) is 39.2 Å². The molecule has 4 heteroatoms. The molecule has 0 bridgehead atoms. The molecule has 1 unspecified atom stereocenters. The van der Waals surface area contributed by atoms with Crippen LogP contribution in [0.5, 0.6) is 5.75 Å². The van der Waals surface area contributed by atoms with Crippen molar-refractivity contribution in [2.75, 3.05) is 13.7 Å². The van der Waals surface area contributed by atoms with Crippen LogP contribution in [0.25, 0.3) is 0 Å². The molecule has 0 spiro atoms. The van der Waals surface area contributed by atoms with Gasteiger partial charge in [-0.15, -0.1) is 0 Å². The van der Waals surface area contributed by atoms with Crippen molar-refractivity contribution < 1.29 is 9.53 Å². The Bertz CT molecular complexity index is 495. The second-order valence-corrected chi connectivity index (χ2v) is 6.58. The van der Waals surface area contributed by atoms with Gasteiger partial charge in [0.1, 0.15) is 5.75 Å². The third-order valence-electron chi connectivity index (χ3n) is 4.17. The summed E-state index contributed by atoms with van der Waals surface area (Å²) in [4.78, 5) is 12.4. The van der Waals surface area contributed by atoms with Crippen LogP contribution in [0, 0.1) is 11.3 Å². The topological polar surface area (TPSA) is 64.3 Å². The molecule has 0 saturated heterocycles. The first kappa shape index (κ1) is 15.8. The van der Waals surface area contributed by atoms with E-state index in [0.717, 1.165) is 11.3 Å². The van der Waals surface area contributed by atoms with Crippen LogP contribution < -0.4 is 15.8 Å². The largest absolute Gasteiger partial charge is 0.496 e. The van der Waals surface area contributed by atoms with Crippen LogP contribution in [0.1, 0.15) is 32.3 Å². The Hall–Kier alpha value is -1.55. The van der Waals surface area contributed by atoms with E-state index in [9.17, 15) is 4.79 Å². The SMILES string of the molecule is COc1ccccc1CC(C)(C)C(=O)NCC(N)C1CC1. The van der Waals surface area contributed by atoms with Gasteiger partial charge in [0.2, 0.25) is 5.91 Å². The van der Waals surface area contributed by atoms with E-state index in [0.29, 0.717) is 18.9 Å². The zero-order valence-corrected chi connectivity index (χ0v) is 13.2. The summed E-state index contributed by atoms with van der Waals surface area (Å²) in [5.41, 5.74) is 6.59. The average molecular weight is 290 g/mol. The Labute approximate surface area is 127 Å². The highest BCUT2D eigenvalue weighted by atomic mass is 16.5. The lowest BCUT2D eigenvalue weighted by Gasteiger charge is -2.25. The lowest BCUT2D eigenvalue weighted by atomic mass is 9.84. The van der Waals surface area contributed by atoms with E-state index >= 15 is 0 Å². The summed E-state index contributed by atoms with van der Waals surface area (Å²) in [5.74, 6) is 1.47. The minimum absolute atomic E-state index is 0.0458. The molecule has 0 radical (unpaired) electrons. The quantitative estimate of drug-likeness (QED) is 0.808. The first-order chi connectivity index (χ1) is 9.94. The van der Waals surface area contributed by atoms with Gasteiger partial charge in [-0.2, -0.15) is 0 Å². The minimum Gasteiger partial charge on any atom is -0.496 e. The number of rotatable bonds is 7. The van der Waals surface area contributed by atoms with Crippen LogP contribution in [-0.4, -0.2) is 25.6 Å². The molecule has 1 atom stereocenters. The maximum absolute atomic E-state index is 12.4. The molecule has 0 aromatic heterocycles. The minimum atomic E-state index is -0.488. The first-order valence-electron chi connectivity index (χ1n) is 7.60. The van der Waals surface area contributed by atoms with Crippen molar-refractivity contribution >= 4 is 5.91 Å². The smallest absolute Gasteiger partial charge is 0.226 e. The van der Waals surface area contributed by atoms with Gasteiger partial charge < -0.3 is 15.8 Å². The molecule has 0 aliphatic heterocycles.